The van der Waals surface area contributed by atoms with Gasteiger partial charge in [-0.2, -0.15) is 0 Å². The molecule has 0 aliphatic heterocycles. The van der Waals surface area contributed by atoms with Gasteiger partial charge in [0.05, 0.1) is 11.1 Å². The van der Waals surface area contributed by atoms with Crippen LogP contribution in [0.2, 0.25) is 0 Å². The Kier molecular flexibility index (Phi) is 4.79. The molecule has 94 valence electrons. The first-order chi connectivity index (χ1) is 8.79. The zero-order valence-corrected chi connectivity index (χ0v) is 11.2. The van der Waals surface area contributed by atoms with Gasteiger partial charge in [0, 0.05) is 11.9 Å². The molecule has 1 heterocycles. The third-order valence-corrected chi connectivity index (χ3v) is 3.78. The van der Waals surface area contributed by atoms with Crippen LogP contribution in [0.15, 0.2) is 53.7 Å². The van der Waals surface area contributed by atoms with Crippen molar-refractivity contribution in [3.05, 3.63) is 59.8 Å². The summed E-state index contributed by atoms with van der Waals surface area (Å²) < 4.78 is 0. The molecular weight excluding hydrogens is 242 g/mol. The van der Waals surface area contributed by atoms with E-state index in [0.29, 0.717) is 0 Å². The largest absolute Gasteiger partial charge is 0.388 e. The van der Waals surface area contributed by atoms with E-state index in [2.05, 4.69) is 17.1 Å². The Morgan fingerprint density at radius 1 is 1.17 bits per heavy atom. The van der Waals surface area contributed by atoms with E-state index in [1.54, 1.807) is 18.0 Å². The molecule has 0 saturated heterocycles. The number of aromatic nitrogens is 1. The number of hydrogen-bond donors (Lipinski definition) is 1. The van der Waals surface area contributed by atoms with Crippen LogP contribution in [0.3, 0.4) is 0 Å². The first-order valence-corrected chi connectivity index (χ1v) is 7.09. The number of aliphatic hydroxyl groups is 1. The van der Waals surface area contributed by atoms with E-state index >= 15 is 0 Å². The van der Waals surface area contributed by atoms with Crippen molar-refractivity contribution in [3.63, 3.8) is 0 Å². The van der Waals surface area contributed by atoms with Gasteiger partial charge in [0.1, 0.15) is 0 Å². The van der Waals surface area contributed by atoms with Crippen LogP contribution in [0.4, 0.5) is 0 Å². The minimum atomic E-state index is -0.398. The summed E-state index contributed by atoms with van der Waals surface area (Å²) in [6, 6.07) is 14.3. The van der Waals surface area contributed by atoms with Crippen LogP contribution in [0.25, 0.3) is 0 Å². The van der Waals surface area contributed by atoms with Gasteiger partial charge in [-0.1, -0.05) is 43.3 Å². The highest BCUT2D eigenvalue weighted by atomic mass is 32.2. The van der Waals surface area contributed by atoms with Gasteiger partial charge in [0.15, 0.2) is 0 Å². The first kappa shape index (κ1) is 13.1. The average Bonchev–Trinajstić information content (AvgIpc) is 2.46. The maximum Gasteiger partial charge on any atom is 0.0963 e. The van der Waals surface area contributed by atoms with Crippen molar-refractivity contribution in [2.75, 3.05) is 0 Å². The lowest BCUT2D eigenvalue weighted by Crippen LogP contribution is -1.95. The van der Waals surface area contributed by atoms with Crippen LogP contribution in [0.1, 0.15) is 30.6 Å². The summed E-state index contributed by atoms with van der Waals surface area (Å²) in [5.74, 6) is 0.920. The number of hydrogen-bond acceptors (Lipinski definition) is 3. The molecule has 1 aromatic heterocycles. The fourth-order valence-corrected chi connectivity index (χ4v) is 2.44. The Morgan fingerprint density at radius 3 is 2.56 bits per heavy atom. The third kappa shape index (κ3) is 3.59. The summed E-state index contributed by atoms with van der Waals surface area (Å²) in [5.41, 5.74) is 2.18. The lowest BCUT2D eigenvalue weighted by Gasteiger charge is -2.08. The van der Waals surface area contributed by atoms with Crippen molar-refractivity contribution in [2.24, 2.45) is 0 Å². The van der Waals surface area contributed by atoms with Crippen LogP contribution in [0.5, 0.6) is 0 Å². The van der Waals surface area contributed by atoms with E-state index in [4.69, 9.17) is 0 Å². The topological polar surface area (TPSA) is 33.1 Å². The van der Waals surface area contributed by atoms with Crippen LogP contribution in [-0.4, -0.2) is 10.1 Å². The van der Waals surface area contributed by atoms with Gasteiger partial charge < -0.3 is 5.11 Å². The Morgan fingerprint density at radius 2 is 1.94 bits per heavy atom. The highest BCUT2D eigenvalue weighted by Crippen LogP contribution is 2.22. The summed E-state index contributed by atoms with van der Waals surface area (Å²) in [6.07, 6.45) is 2.09. The molecule has 0 unspecified atom stereocenters. The van der Waals surface area contributed by atoms with Gasteiger partial charge >= 0.3 is 0 Å². The smallest absolute Gasteiger partial charge is 0.0963 e. The predicted molar refractivity (Wildman–Crippen MR) is 75.5 cm³/mol. The summed E-state index contributed by atoms with van der Waals surface area (Å²) in [4.78, 5) is 4.37. The van der Waals surface area contributed by atoms with E-state index in [-0.39, 0.29) is 0 Å². The van der Waals surface area contributed by atoms with Gasteiger partial charge in [0.2, 0.25) is 0 Å². The molecule has 18 heavy (non-hydrogen) atoms. The van der Waals surface area contributed by atoms with Crippen molar-refractivity contribution in [3.8, 4) is 0 Å². The van der Waals surface area contributed by atoms with Gasteiger partial charge in [-0.15, -0.1) is 11.8 Å². The Bertz CT molecular complexity index is 470. The lowest BCUT2D eigenvalue weighted by molar-refractivity contribution is 0.173. The van der Waals surface area contributed by atoms with E-state index in [1.807, 2.05) is 37.3 Å². The molecule has 0 amide bonds. The van der Waals surface area contributed by atoms with E-state index in [9.17, 15) is 5.11 Å². The van der Waals surface area contributed by atoms with Gasteiger partial charge in [-0.25, -0.2) is 4.98 Å². The molecule has 0 aliphatic carbocycles. The highest BCUT2D eigenvalue weighted by molar-refractivity contribution is 7.98. The summed E-state index contributed by atoms with van der Waals surface area (Å²) >= 11 is 1.71. The molecule has 0 bridgehead atoms. The molecule has 2 aromatic rings. The minimum Gasteiger partial charge on any atom is -0.388 e. The first-order valence-electron chi connectivity index (χ1n) is 6.10. The molecule has 0 radical (unpaired) electrons. The lowest BCUT2D eigenvalue weighted by atomic mass is 10.1. The Labute approximate surface area is 112 Å². The maximum absolute atomic E-state index is 9.68. The number of pyridine rings is 1. The Hall–Kier alpha value is -1.32. The van der Waals surface area contributed by atoms with Gasteiger partial charge in [-0.05, 0) is 23.6 Å². The van der Waals surface area contributed by atoms with Crippen LogP contribution < -0.4 is 0 Å². The van der Waals surface area contributed by atoms with Crippen molar-refractivity contribution >= 4 is 11.8 Å². The zero-order chi connectivity index (χ0) is 12.8. The van der Waals surface area contributed by atoms with Gasteiger partial charge in [0.25, 0.3) is 0 Å². The Balaban J connectivity index is 1.94. The molecule has 2 rings (SSSR count). The number of rotatable bonds is 5. The second-order valence-electron chi connectivity index (χ2n) is 4.13. The molecule has 0 saturated carbocycles. The normalized spacial score (nSPS) is 12.3. The van der Waals surface area contributed by atoms with Crippen molar-refractivity contribution < 1.29 is 5.11 Å². The second-order valence-corrected chi connectivity index (χ2v) is 5.12. The van der Waals surface area contributed by atoms with Gasteiger partial charge in [-0.3, -0.25) is 0 Å². The molecule has 1 N–H and O–H groups in total. The molecule has 0 aliphatic rings. The van der Waals surface area contributed by atoms with Crippen molar-refractivity contribution in [1.29, 1.82) is 0 Å². The summed E-state index contributed by atoms with van der Waals surface area (Å²) in [6.45, 7) is 1.96. The second kappa shape index (κ2) is 6.57. The van der Waals surface area contributed by atoms with Crippen molar-refractivity contribution in [1.82, 2.24) is 4.98 Å². The number of thioether (sulfide) groups is 1. The molecule has 0 spiro atoms. The van der Waals surface area contributed by atoms with E-state index < -0.39 is 6.10 Å². The predicted octanol–water partition coefficient (Wildman–Crippen LogP) is 3.82. The third-order valence-electron chi connectivity index (χ3n) is 2.76. The summed E-state index contributed by atoms with van der Waals surface area (Å²) in [7, 11) is 0. The molecule has 2 nitrogen and oxygen atoms in total. The minimum absolute atomic E-state index is 0.398. The molecule has 0 fully saturated rings. The summed E-state index contributed by atoms with van der Waals surface area (Å²) in [5, 5.41) is 10.7. The van der Waals surface area contributed by atoms with Crippen LogP contribution in [0, 0.1) is 0 Å². The molecule has 1 atom stereocenters. The van der Waals surface area contributed by atoms with E-state index in [0.717, 1.165) is 22.8 Å². The monoisotopic (exact) mass is 259 g/mol. The zero-order valence-electron chi connectivity index (χ0n) is 10.4. The molecular formula is C15H17NOS. The standard InChI is InChI=1S/C15H17NOS/c1-2-14(17)13-8-9-15(16-10-13)18-11-12-6-4-3-5-7-12/h3-10,14,17H,2,11H2,1H3/t14-/m1/s1. The number of benzene rings is 1. The fraction of sp³-hybridized carbons (Fsp3) is 0.267. The SMILES string of the molecule is CC[C@@H](O)c1ccc(SCc2ccccc2)nc1. The average molecular weight is 259 g/mol. The maximum atomic E-state index is 9.68. The molecule has 1 aromatic carbocycles. The van der Waals surface area contributed by atoms with E-state index in [1.165, 1.54) is 5.56 Å². The quantitative estimate of drug-likeness (QED) is 0.829. The number of aliphatic hydroxyl groups excluding tert-OH is 1. The number of nitrogens with zero attached hydrogens (tertiary/aromatic N) is 1. The van der Waals surface area contributed by atoms with Crippen LogP contribution >= 0.6 is 11.8 Å². The fourth-order valence-electron chi connectivity index (χ4n) is 1.64. The molecule has 3 heteroatoms. The highest BCUT2D eigenvalue weighted by Gasteiger charge is 2.05. The van der Waals surface area contributed by atoms with Crippen molar-refractivity contribution in [2.45, 2.75) is 30.2 Å². The van der Waals surface area contributed by atoms with Crippen LogP contribution in [-0.2, 0) is 5.75 Å².